The van der Waals surface area contributed by atoms with Gasteiger partial charge in [0.05, 0.1) is 16.6 Å². The molecular weight excluding hydrogens is 370 g/mol. The van der Waals surface area contributed by atoms with Crippen molar-refractivity contribution in [3.8, 4) is 6.07 Å². The van der Waals surface area contributed by atoms with Crippen LogP contribution in [-0.4, -0.2) is 22.1 Å². The SMILES string of the molecule is CC(C)(C)OC(=O)Nc1cccc(C(=O)OCc2cn3ccccc3c2C#N)c1. The number of anilines is 1. The van der Waals surface area contributed by atoms with Gasteiger partial charge in [-0.3, -0.25) is 5.32 Å². The second-order valence-electron chi connectivity index (χ2n) is 7.42. The van der Waals surface area contributed by atoms with Gasteiger partial charge in [0.1, 0.15) is 18.3 Å². The monoisotopic (exact) mass is 391 g/mol. The van der Waals surface area contributed by atoms with Crippen LogP contribution in [0.25, 0.3) is 5.52 Å². The molecule has 0 spiro atoms. The van der Waals surface area contributed by atoms with Crippen LogP contribution in [0.15, 0.2) is 54.9 Å². The number of fused-ring (bicyclic) bond motifs is 1. The van der Waals surface area contributed by atoms with Crippen LogP contribution in [-0.2, 0) is 16.1 Å². The van der Waals surface area contributed by atoms with E-state index in [1.165, 1.54) is 6.07 Å². The minimum Gasteiger partial charge on any atom is -0.457 e. The van der Waals surface area contributed by atoms with E-state index in [2.05, 4.69) is 11.4 Å². The first kappa shape index (κ1) is 20.0. The minimum absolute atomic E-state index is 0.0346. The summed E-state index contributed by atoms with van der Waals surface area (Å²) in [7, 11) is 0. The number of hydrogen-bond acceptors (Lipinski definition) is 5. The Morgan fingerprint density at radius 3 is 2.69 bits per heavy atom. The number of nitrogens with one attached hydrogen (secondary N) is 1. The van der Waals surface area contributed by atoms with E-state index >= 15 is 0 Å². The third-order valence-corrected chi connectivity index (χ3v) is 3.98. The van der Waals surface area contributed by atoms with Gasteiger partial charge in [-0.15, -0.1) is 0 Å². The predicted octanol–water partition coefficient (Wildman–Crippen LogP) is 4.51. The largest absolute Gasteiger partial charge is 0.457 e. The van der Waals surface area contributed by atoms with E-state index in [0.29, 0.717) is 16.8 Å². The number of ether oxygens (including phenoxy) is 2. The molecule has 1 amide bonds. The summed E-state index contributed by atoms with van der Waals surface area (Å²) < 4.78 is 12.4. The summed E-state index contributed by atoms with van der Waals surface area (Å²) >= 11 is 0. The maximum Gasteiger partial charge on any atom is 0.412 e. The summed E-state index contributed by atoms with van der Waals surface area (Å²) in [4.78, 5) is 24.3. The average Bonchev–Trinajstić information content (AvgIpc) is 3.02. The third kappa shape index (κ3) is 4.93. The smallest absolute Gasteiger partial charge is 0.412 e. The Morgan fingerprint density at radius 2 is 1.97 bits per heavy atom. The van der Waals surface area contributed by atoms with Crippen molar-refractivity contribution in [3.05, 3.63) is 71.5 Å². The molecule has 7 heteroatoms. The maximum atomic E-state index is 12.4. The molecule has 1 N–H and O–H groups in total. The number of carbonyl (C=O) groups excluding carboxylic acids is 2. The zero-order valence-electron chi connectivity index (χ0n) is 16.4. The number of nitrogens with zero attached hydrogens (tertiary/aromatic N) is 2. The van der Waals surface area contributed by atoms with Crippen LogP contribution in [0.2, 0.25) is 0 Å². The molecule has 1 aromatic carbocycles. The van der Waals surface area contributed by atoms with E-state index in [1.807, 2.05) is 28.8 Å². The zero-order chi connectivity index (χ0) is 21.0. The first-order valence-corrected chi connectivity index (χ1v) is 9.03. The number of aromatic nitrogens is 1. The quantitative estimate of drug-likeness (QED) is 0.660. The van der Waals surface area contributed by atoms with Crippen LogP contribution in [0.1, 0.15) is 42.3 Å². The molecule has 0 saturated heterocycles. The lowest BCUT2D eigenvalue weighted by Crippen LogP contribution is -2.27. The van der Waals surface area contributed by atoms with Crippen LogP contribution in [0.3, 0.4) is 0 Å². The highest BCUT2D eigenvalue weighted by atomic mass is 16.6. The summed E-state index contributed by atoms with van der Waals surface area (Å²) in [6.45, 7) is 5.26. The summed E-state index contributed by atoms with van der Waals surface area (Å²) in [6, 6.07) is 14.1. The molecule has 3 aromatic rings. The lowest BCUT2D eigenvalue weighted by Gasteiger charge is -2.19. The standard InChI is InChI=1S/C22H21N3O4/c1-22(2,3)29-21(27)24-17-8-6-7-15(11-17)20(26)28-14-16-13-25-10-5-4-9-19(25)18(16)12-23/h4-11,13H,14H2,1-3H3,(H,24,27). The van der Waals surface area contributed by atoms with Gasteiger partial charge in [0.25, 0.3) is 0 Å². The van der Waals surface area contributed by atoms with Gasteiger partial charge in [-0.05, 0) is 51.1 Å². The summed E-state index contributed by atoms with van der Waals surface area (Å²) in [5.74, 6) is -0.558. The molecule has 0 aliphatic heterocycles. The van der Waals surface area contributed by atoms with Crippen LogP contribution in [0.5, 0.6) is 0 Å². The van der Waals surface area contributed by atoms with Gasteiger partial charge < -0.3 is 13.9 Å². The molecule has 0 saturated carbocycles. The zero-order valence-corrected chi connectivity index (χ0v) is 16.4. The van der Waals surface area contributed by atoms with Crippen molar-refractivity contribution in [2.45, 2.75) is 33.0 Å². The van der Waals surface area contributed by atoms with Crippen molar-refractivity contribution < 1.29 is 19.1 Å². The Morgan fingerprint density at radius 1 is 1.17 bits per heavy atom. The normalized spacial score (nSPS) is 11.0. The van der Waals surface area contributed by atoms with Gasteiger partial charge in [0.15, 0.2) is 0 Å². The van der Waals surface area contributed by atoms with E-state index in [0.717, 1.165) is 5.52 Å². The molecule has 0 aliphatic rings. The minimum atomic E-state index is -0.625. The van der Waals surface area contributed by atoms with E-state index in [1.54, 1.807) is 45.2 Å². The van der Waals surface area contributed by atoms with E-state index < -0.39 is 17.7 Å². The number of esters is 1. The number of benzene rings is 1. The average molecular weight is 391 g/mol. The van der Waals surface area contributed by atoms with Crippen molar-refractivity contribution in [2.75, 3.05) is 5.32 Å². The first-order valence-electron chi connectivity index (χ1n) is 9.03. The van der Waals surface area contributed by atoms with Gasteiger partial charge >= 0.3 is 12.1 Å². The van der Waals surface area contributed by atoms with Crippen molar-refractivity contribution in [1.29, 1.82) is 5.26 Å². The predicted molar refractivity (Wildman–Crippen MR) is 108 cm³/mol. The lowest BCUT2D eigenvalue weighted by atomic mass is 10.2. The van der Waals surface area contributed by atoms with Crippen LogP contribution >= 0.6 is 0 Å². The fourth-order valence-corrected chi connectivity index (χ4v) is 2.79. The molecule has 0 unspecified atom stereocenters. The topological polar surface area (TPSA) is 92.8 Å². The van der Waals surface area contributed by atoms with Gasteiger partial charge in [-0.25, -0.2) is 9.59 Å². The van der Waals surface area contributed by atoms with Crippen molar-refractivity contribution >= 4 is 23.3 Å². The highest BCUT2D eigenvalue weighted by Gasteiger charge is 2.17. The Bertz CT molecular complexity index is 1100. The van der Waals surface area contributed by atoms with Gasteiger partial charge in [0, 0.05) is 23.6 Å². The fraction of sp³-hybridized carbons (Fsp3) is 0.227. The van der Waals surface area contributed by atoms with Gasteiger partial charge in [-0.1, -0.05) is 12.1 Å². The maximum absolute atomic E-state index is 12.4. The molecule has 0 aliphatic carbocycles. The second kappa shape index (κ2) is 8.07. The molecule has 0 atom stereocenters. The number of carbonyl (C=O) groups is 2. The molecule has 0 bridgehead atoms. The van der Waals surface area contributed by atoms with Crippen LogP contribution in [0.4, 0.5) is 10.5 Å². The highest BCUT2D eigenvalue weighted by molar-refractivity contribution is 5.92. The fourth-order valence-electron chi connectivity index (χ4n) is 2.79. The first-order chi connectivity index (χ1) is 13.8. The van der Waals surface area contributed by atoms with Crippen molar-refractivity contribution in [3.63, 3.8) is 0 Å². The number of rotatable bonds is 4. The van der Waals surface area contributed by atoms with Crippen LogP contribution < -0.4 is 5.32 Å². The number of nitriles is 1. The Balaban J connectivity index is 1.69. The second-order valence-corrected chi connectivity index (χ2v) is 7.42. The van der Waals surface area contributed by atoms with Crippen molar-refractivity contribution in [1.82, 2.24) is 4.40 Å². The van der Waals surface area contributed by atoms with Gasteiger partial charge in [0.2, 0.25) is 0 Å². The molecule has 148 valence electrons. The summed E-state index contributed by atoms with van der Waals surface area (Å²) in [6.07, 6.45) is 2.98. The van der Waals surface area contributed by atoms with Gasteiger partial charge in [-0.2, -0.15) is 5.26 Å². The molecular formula is C22H21N3O4. The lowest BCUT2D eigenvalue weighted by molar-refractivity contribution is 0.0471. The number of pyridine rings is 1. The molecule has 2 heterocycles. The molecule has 0 radical (unpaired) electrons. The molecule has 29 heavy (non-hydrogen) atoms. The summed E-state index contributed by atoms with van der Waals surface area (Å²) in [5, 5.41) is 12.0. The molecule has 7 nitrogen and oxygen atoms in total. The van der Waals surface area contributed by atoms with E-state index in [-0.39, 0.29) is 12.2 Å². The molecule has 3 rings (SSSR count). The molecule has 2 aromatic heterocycles. The molecule has 0 fully saturated rings. The Kier molecular flexibility index (Phi) is 5.55. The van der Waals surface area contributed by atoms with Crippen molar-refractivity contribution in [2.24, 2.45) is 0 Å². The Labute approximate surface area is 168 Å². The Hall–Kier alpha value is -3.79. The third-order valence-electron chi connectivity index (χ3n) is 3.98. The van der Waals surface area contributed by atoms with Crippen LogP contribution in [0, 0.1) is 11.3 Å². The highest BCUT2D eigenvalue weighted by Crippen LogP contribution is 2.20. The van der Waals surface area contributed by atoms with E-state index in [4.69, 9.17) is 9.47 Å². The number of amides is 1. The number of hydrogen-bond donors (Lipinski definition) is 1. The summed E-state index contributed by atoms with van der Waals surface area (Å²) in [5.41, 5.74) is 1.92. The van der Waals surface area contributed by atoms with E-state index in [9.17, 15) is 14.9 Å².